The Morgan fingerprint density at radius 2 is 1.75 bits per heavy atom. The van der Waals surface area contributed by atoms with E-state index in [4.69, 9.17) is 0 Å². The van der Waals surface area contributed by atoms with Crippen LogP contribution in [0, 0.1) is 6.92 Å². The minimum absolute atomic E-state index is 0.430. The number of likely N-dealkylation sites (N-methyl/N-ethyl adjacent to an activating group) is 1. The maximum Gasteiger partial charge on any atom is 0.0824 e. The first-order valence-electron chi connectivity index (χ1n) is 8.85. The third kappa shape index (κ3) is 1.88. The summed E-state index contributed by atoms with van der Waals surface area (Å²) in [5.41, 5.74) is 7.17. The predicted molar refractivity (Wildman–Crippen MR) is 99.8 cm³/mol. The Kier molecular flexibility index (Phi) is 3.01. The van der Waals surface area contributed by atoms with Crippen molar-refractivity contribution >= 4 is 16.6 Å². The molecule has 1 saturated heterocycles. The van der Waals surface area contributed by atoms with E-state index in [9.17, 15) is 0 Å². The van der Waals surface area contributed by atoms with Gasteiger partial charge in [0.05, 0.1) is 6.04 Å². The van der Waals surface area contributed by atoms with Crippen LogP contribution in [-0.4, -0.2) is 36.1 Å². The van der Waals surface area contributed by atoms with Crippen LogP contribution in [0.5, 0.6) is 0 Å². The molecule has 3 nitrogen and oxygen atoms in total. The molecule has 0 bridgehead atoms. The first kappa shape index (κ1) is 14.1. The quantitative estimate of drug-likeness (QED) is 0.625. The van der Waals surface area contributed by atoms with Gasteiger partial charge >= 0.3 is 0 Å². The van der Waals surface area contributed by atoms with Crippen molar-refractivity contribution in [3.05, 3.63) is 65.4 Å². The van der Waals surface area contributed by atoms with Crippen LogP contribution < -0.4 is 4.90 Å². The van der Waals surface area contributed by atoms with Gasteiger partial charge in [0.2, 0.25) is 0 Å². The van der Waals surface area contributed by atoms with Gasteiger partial charge in [-0.1, -0.05) is 36.4 Å². The number of hydrogen-bond donors (Lipinski definition) is 0. The zero-order chi connectivity index (χ0) is 16.3. The van der Waals surface area contributed by atoms with Crippen LogP contribution in [0.1, 0.15) is 22.9 Å². The molecule has 0 saturated carbocycles. The van der Waals surface area contributed by atoms with Crippen molar-refractivity contribution in [1.82, 2.24) is 9.47 Å². The second-order valence-corrected chi connectivity index (χ2v) is 7.21. The summed E-state index contributed by atoms with van der Waals surface area (Å²) in [6, 6.07) is 18.3. The summed E-state index contributed by atoms with van der Waals surface area (Å²) in [7, 11) is 2.25. The summed E-state index contributed by atoms with van der Waals surface area (Å²) in [6.07, 6.45) is 0. The maximum absolute atomic E-state index is 2.64. The van der Waals surface area contributed by atoms with E-state index >= 15 is 0 Å². The molecule has 1 unspecified atom stereocenters. The van der Waals surface area contributed by atoms with Gasteiger partial charge in [-0.2, -0.15) is 0 Å². The Bertz CT molecular complexity index is 924. The molecule has 0 N–H and O–H groups in total. The van der Waals surface area contributed by atoms with Crippen LogP contribution in [0.25, 0.3) is 10.9 Å². The van der Waals surface area contributed by atoms with E-state index in [0.29, 0.717) is 6.04 Å². The van der Waals surface area contributed by atoms with Crippen LogP contribution in [0.3, 0.4) is 0 Å². The average molecular weight is 317 g/mol. The largest absolute Gasteiger partial charge is 0.360 e. The molecule has 0 aliphatic carbocycles. The molecular weight excluding hydrogens is 294 g/mol. The van der Waals surface area contributed by atoms with Crippen molar-refractivity contribution in [2.45, 2.75) is 19.5 Å². The zero-order valence-electron chi connectivity index (χ0n) is 14.4. The van der Waals surface area contributed by atoms with Crippen molar-refractivity contribution in [3.8, 4) is 0 Å². The highest BCUT2D eigenvalue weighted by Gasteiger charge is 2.34. The summed E-state index contributed by atoms with van der Waals surface area (Å²) < 4.78 is 2.56. The molecule has 2 aromatic carbocycles. The normalized spacial score (nSPS) is 20.4. The van der Waals surface area contributed by atoms with Gasteiger partial charge in [0.1, 0.15) is 0 Å². The Labute approximate surface area is 143 Å². The number of para-hydroxylation sites is 2. The van der Waals surface area contributed by atoms with Gasteiger partial charge in [-0.3, -0.25) is 0 Å². The maximum atomic E-state index is 2.64. The van der Waals surface area contributed by atoms with Gasteiger partial charge in [-0.05, 0) is 37.2 Å². The smallest absolute Gasteiger partial charge is 0.0824 e. The van der Waals surface area contributed by atoms with Crippen molar-refractivity contribution in [2.24, 2.45) is 0 Å². The monoisotopic (exact) mass is 317 g/mol. The molecule has 122 valence electrons. The Balaban J connectivity index is 1.82. The molecule has 1 atom stereocenters. The number of anilines is 1. The van der Waals surface area contributed by atoms with Gasteiger partial charge in [0.25, 0.3) is 0 Å². The highest BCUT2D eigenvalue weighted by atomic mass is 15.3. The zero-order valence-corrected chi connectivity index (χ0v) is 14.4. The fourth-order valence-electron chi connectivity index (χ4n) is 4.63. The first-order valence-corrected chi connectivity index (χ1v) is 8.85. The standard InChI is InChI=1S/C21H23N3/c1-15-17-8-4-6-10-19(17)24-13-16-7-3-5-9-18(16)23-12-11-22(2)14-20(23)21(15)24/h3-10,20H,11-14H2,1-2H3. The lowest BCUT2D eigenvalue weighted by atomic mass is 10.0. The summed E-state index contributed by atoms with van der Waals surface area (Å²) in [4.78, 5) is 5.11. The minimum Gasteiger partial charge on any atom is -0.360 e. The lowest BCUT2D eigenvalue weighted by Gasteiger charge is -2.41. The number of nitrogens with zero attached hydrogens (tertiary/aromatic N) is 3. The number of benzene rings is 2. The predicted octanol–water partition coefficient (Wildman–Crippen LogP) is 3.80. The lowest BCUT2D eigenvalue weighted by molar-refractivity contribution is 0.266. The van der Waals surface area contributed by atoms with Crippen LogP contribution in [0.2, 0.25) is 0 Å². The first-order chi connectivity index (χ1) is 11.7. The van der Waals surface area contributed by atoms with Crippen LogP contribution in [-0.2, 0) is 6.54 Å². The molecule has 2 aliphatic heterocycles. The lowest BCUT2D eigenvalue weighted by Crippen LogP contribution is -2.47. The summed E-state index contributed by atoms with van der Waals surface area (Å²) in [6.45, 7) is 6.59. The van der Waals surface area contributed by atoms with Gasteiger partial charge < -0.3 is 14.4 Å². The molecule has 2 aliphatic rings. The number of piperazine rings is 1. The summed E-state index contributed by atoms with van der Waals surface area (Å²) in [5.74, 6) is 0. The summed E-state index contributed by atoms with van der Waals surface area (Å²) in [5, 5.41) is 1.40. The third-order valence-electron chi connectivity index (χ3n) is 5.80. The topological polar surface area (TPSA) is 11.4 Å². The van der Waals surface area contributed by atoms with Crippen molar-refractivity contribution in [1.29, 1.82) is 0 Å². The highest BCUT2D eigenvalue weighted by Crippen LogP contribution is 2.41. The fourth-order valence-corrected chi connectivity index (χ4v) is 4.63. The van der Waals surface area contributed by atoms with Crippen molar-refractivity contribution in [3.63, 3.8) is 0 Å². The minimum atomic E-state index is 0.430. The van der Waals surface area contributed by atoms with Gasteiger partial charge in [0, 0.05) is 48.5 Å². The van der Waals surface area contributed by atoms with E-state index in [1.54, 1.807) is 0 Å². The van der Waals surface area contributed by atoms with E-state index in [1.165, 1.54) is 33.4 Å². The van der Waals surface area contributed by atoms with E-state index in [1.807, 2.05) is 0 Å². The Hall–Kier alpha value is -2.26. The van der Waals surface area contributed by atoms with Crippen molar-refractivity contribution in [2.75, 3.05) is 31.6 Å². The molecule has 1 aromatic heterocycles. The number of aryl methyl sites for hydroxylation is 1. The highest BCUT2D eigenvalue weighted by molar-refractivity contribution is 5.86. The molecule has 5 rings (SSSR count). The molecule has 3 heteroatoms. The van der Waals surface area contributed by atoms with E-state index in [2.05, 4.69) is 76.9 Å². The molecule has 0 radical (unpaired) electrons. The number of rotatable bonds is 0. The number of aromatic nitrogens is 1. The average Bonchev–Trinajstić information content (AvgIpc) is 2.80. The Morgan fingerprint density at radius 3 is 2.67 bits per heavy atom. The second kappa shape index (κ2) is 5.12. The molecule has 3 heterocycles. The van der Waals surface area contributed by atoms with E-state index in [0.717, 1.165) is 26.2 Å². The molecule has 1 fully saturated rings. The number of hydrogen-bond acceptors (Lipinski definition) is 2. The Morgan fingerprint density at radius 1 is 0.958 bits per heavy atom. The molecule has 0 spiro atoms. The summed E-state index contributed by atoms with van der Waals surface area (Å²) >= 11 is 0. The van der Waals surface area contributed by atoms with Crippen LogP contribution >= 0.6 is 0 Å². The van der Waals surface area contributed by atoms with E-state index < -0.39 is 0 Å². The molecule has 24 heavy (non-hydrogen) atoms. The third-order valence-corrected chi connectivity index (χ3v) is 5.80. The molecule has 3 aromatic rings. The van der Waals surface area contributed by atoms with Gasteiger partial charge in [-0.15, -0.1) is 0 Å². The fraction of sp³-hybridized carbons (Fsp3) is 0.333. The van der Waals surface area contributed by atoms with Crippen LogP contribution in [0.4, 0.5) is 5.69 Å². The van der Waals surface area contributed by atoms with E-state index in [-0.39, 0.29) is 0 Å². The van der Waals surface area contributed by atoms with Gasteiger partial charge in [0.15, 0.2) is 0 Å². The second-order valence-electron chi connectivity index (χ2n) is 7.21. The molecule has 0 amide bonds. The van der Waals surface area contributed by atoms with Crippen molar-refractivity contribution < 1.29 is 0 Å². The van der Waals surface area contributed by atoms with Crippen LogP contribution in [0.15, 0.2) is 48.5 Å². The number of fused-ring (bicyclic) bond motifs is 7. The van der Waals surface area contributed by atoms with Gasteiger partial charge in [-0.25, -0.2) is 0 Å². The molecular formula is C21H23N3. The SMILES string of the molecule is Cc1c2n(c3ccccc13)Cc1ccccc1N1CCN(C)CC21.